The molecule has 0 aliphatic carbocycles. The first-order chi connectivity index (χ1) is 10.1. The van der Waals surface area contributed by atoms with Crippen LogP contribution in [-0.4, -0.2) is 47.8 Å². The van der Waals surface area contributed by atoms with Crippen LogP contribution >= 0.6 is 11.6 Å². The highest BCUT2D eigenvalue weighted by Crippen LogP contribution is 2.13. The van der Waals surface area contributed by atoms with Crippen molar-refractivity contribution in [3.63, 3.8) is 0 Å². The lowest BCUT2D eigenvalue weighted by Gasteiger charge is -2.18. The first kappa shape index (κ1) is 17.9. The van der Waals surface area contributed by atoms with E-state index in [4.69, 9.17) is 16.3 Å². The van der Waals surface area contributed by atoms with E-state index >= 15 is 0 Å². The minimum absolute atomic E-state index is 0.213. The topological polar surface area (TPSA) is 63.2 Å². The monoisotopic (exact) mass is 315 g/mol. The van der Waals surface area contributed by atoms with Crippen LogP contribution in [0.1, 0.15) is 34.1 Å². The molecule has 21 heavy (non-hydrogen) atoms. The maximum Gasteiger partial charge on any atom is 0.231 e. The van der Waals surface area contributed by atoms with Crippen molar-refractivity contribution in [2.75, 3.05) is 43.1 Å². The number of hydrogen-bond acceptors (Lipinski definition) is 6. The van der Waals surface area contributed by atoms with Crippen molar-refractivity contribution in [1.82, 2.24) is 15.0 Å². The fourth-order valence-electron chi connectivity index (χ4n) is 1.76. The molecule has 0 aliphatic rings. The van der Waals surface area contributed by atoms with Crippen molar-refractivity contribution in [3.8, 4) is 0 Å². The number of hydrogen-bond donors (Lipinski definition) is 1. The lowest BCUT2D eigenvalue weighted by atomic mass is 10.2. The molecule has 1 aromatic heterocycles. The quantitative estimate of drug-likeness (QED) is 0.670. The van der Waals surface area contributed by atoms with Crippen LogP contribution in [-0.2, 0) is 4.74 Å². The molecule has 0 saturated carbocycles. The summed E-state index contributed by atoms with van der Waals surface area (Å²) in [6.45, 7) is 12.3. The zero-order valence-electron chi connectivity index (χ0n) is 13.4. The number of aromatic nitrogens is 3. The summed E-state index contributed by atoms with van der Waals surface area (Å²) in [7, 11) is 0. The first-order valence-corrected chi connectivity index (χ1v) is 7.92. The Morgan fingerprint density at radius 3 is 2.52 bits per heavy atom. The molecule has 0 atom stereocenters. The predicted molar refractivity (Wildman–Crippen MR) is 87.2 cm³/mol. The molecule has 120 valence electrons. The molecular weight excluding hydrogens is 290 g/mol. The maximum atomic E-state index is 5.95. The molecular formula is C14H26ClN5O. The Morgan fingerprint density at radius 2 is 1.90 bits per heavy atom. The third kappa shape index (κ3) is 6.91. The zero-order valence-corrected chi connectivity index (χ0v) is 14.2. The molecule has 7 heteroatoms. The largest absolute Gasteiger partial charge is 0.381 e. The molecule has 1 N–H and O–H groups in total. The second-order valence-electron chi connectivity index (χ2n) is 5.15. The van der Waals surface area contributed by atoms with Gasteiger partial charge >= 0.3 is 0 Å². The molecule has 0 aromatic carbocycles. The van der Waals surface area contributed by atoms with Crippen molar-refractivity contribution in [2.24, 2.45) is 5.92 Å². The van der Waals surface area contributed by atoms with Gasteiger partial charge in [-0.2, -0.15) is 15.0 Å². The van der Waals surface area contributed by atoms with Crippen LogP contribution in [0.2, 0.25) is 5.28 Å². The van der Waals surface area contributed by atoms with Crippen LogP contribution in [0.15, 0.2) is 0 Å². The Balaban J connectivity index is 2.44. The number of nitrogens with zero attached hydrogens (tertiary/aromatic N) is 4. The zero-order chi connectivity index (χ0) is 15.7. The highest BCUT2D eigenvalue weighted by Gasteiger charge is 2.09. The van der Waals surface area contributed by atoms with Crippen molar-refractivity contribution in [3.05, 3.63) is 5.28 Å². The van der Waals surface area contributed by atoms with Gasteiger partial charge < -0.3 is 15.0 Å². The van der Waals surface area contributed by atoms with Gasteiger partial charge in [0.25, 0.3) is 0 Å². The minimum atomic E-state index is 0.213. The summed E-state index contributed by atoms with van der Waals surface area (Å²) in [5.41, 5.74) is 0. The van der Waals surface area contributed by atoms with Crippen LogP contribution in [0.25, 0.3) is 0 Å². The molecule has 1 heterocycles. The normalized spacial score (nSPS) is 11.0. The second kappa shape index (κ2) is 9.73. The van der Waals surface area contributed by atoms with Gasteiger partial charge in [0.2, 0.25) is 17.2 Å². The third-order valence-electron chi connectivity index (χ3n) is 2.84. The minimum Gasteiger partial charge on any atom is -0.381 e. The fraction of sp³-hybridized carbons (Fsp3) is 0.786. The summed E-state index contributed by atoms with van der Waals surface area (Å²) >= 11 is 5.95. The van der Waals surface area contributed by atoms with E-state index in [1.807, 2.05) is 4.90 Å². The Bertz CT molecular complexity index is 412. The van der Waals surface area contributed by atoms with E-state index in [9.17, 15) is 0 Å². The van der Waals surface area contributed by atoms with Crippen LogP contribution in [0, 0.1) is 5.92 Å². The van der Waals surface area contributed by atoms with Crippen LogP contribution in [0.5, 0.6) is 0 Å². The van der Waals surface area contributed by atoms with Gasteiger partial charge in [0.05, 0.1) is 0 Å². The van der Waals surface area contributed by atoms with E-state index in [0.717, 1.165) is 39.3 Å². The summed E-state index contributed by atoms with van der Waals surface area (Å²) < 4.78 is 5.53. The molecule has 0 fully saturated rings. The van der Waals surface area contributed by atoms with Crippen LogP contribution < -0.4 is 10.2 Å². The van der Waals surface area contributed by atoms with Gasteiger partial charge in [-0.1, -0.05) is 13.8 Å². The summed E-state index contributed by atoms with van der Waals surface area (Å²) in [6, 6.07) is 0. The van der Waals surface area contributed by atoms with Crippen LogP contribution in [0.4, 0.5) is 11.9 Å². The van der Waals surface area contributed by atoms with E-state index in [1.165, 1.54) is 0 Å². The average Bonchev–Trinajstić information content (AvgIpc) is 2.43. The summed E-state index contributed by atoms with van der Waals surface area (Å²) in [4.78, 5) is 14.7. The summed E-state index contributed by atoms with van der Waals surface area (Å²) in [6.07, 6.45) is 0.899. The smallest absolute Gasteiger partial charge is 0.231 e. The van der Waals surface area contributed by atoms with Gasteiger partial charge in [0.1, 0.15) is 0 Å². The molecule has 6 nitrogen and oxygen atoms in total. The molecule has 1 aromatic rings. The second-order valence-corrected chi connectivity index (χ2v) is 5.49. The number of halogens is 1. The lowest BCUT2D eigenvalue weighted by molar-refractivity contribution is 0.110. The Hall–Kier alpha value is -1.14. The number of ether oxygens (including phenoxy) is 1. The van der Waals surface area contributed by atoms with Gasteiger partial charge in [0.15, 0.2) is 0 Å². The van der Waals surface area contributed by atoms with Crippen LogP contribution in [0.3, 0.4) is 0 Å². The molecule has 0 bridgehead atoms. The molecule has 0 spiro atoms. The SMILES string of the molecule is CCN(CC)c1nc(Cl)nc(NCCCOCC(C)C)n1. The van der Waals surface area contributed by atoms with E-state index in [1.54, 1.807) is 0 Å². The Kier molecular flexibility index (Phi) is 8.30. The average molecular weight is 316 g/mol. The van der Waals surface area contributed by atoms with Crippen molar-refractivity contribution in [2.45, 2.75) is 34.1 Å². The third-order valence-corrected chi connectivity index (χ3v) is 3.01. The number of nitrogens with one attached hydrogen (secondary N) is 1. The Morgan fingerprint density at radius 1 is 1.19 bits per heavy atom. The molecule has 0 amide bonds. The van der Waals surface area contributed by atoms with Crippen molar-refractivity contribution >= 4 is 23.5 Å². The summed E-state index contributed by atoms with van der Waals surface area (Å²) in [5.74, 6) is 1.69. The van der Waals surface area contributed by atoms with E-state index < -0.39 is 0 Å². The van der Waals surface area contributed by atoms with E-state index in [0.29, 0.717) is 17.8 Å². The van der Waals surface area contributed by atoms with Gasteiger partial charge in [-0.15, -0.1) is 0 Å². The van der Waals surface area contributed by atoms with Crippen molar-refractivity contribution < 1.29 is 4.74 Å². The Labute approximate surface area is 132 Å². The van der Waals surface area contributed by atoms with Crippen molar-refractivity contribution in [1.29, 1.82) is 0 Å². The molecule has 1 rings (SSSR count). The molecule has 0 saturated heterocycles. The van der Waals surface area contributed by atoms with E-state index in [-0.39, 0.29) is 5.28 Å². The first-order valence-electron chi connectivity index (χ1n) is 7.54. The highest BCUT2D eigenvalue weighted by atomic mass is 35.5. The summed E-state index contributed by atoms with van der Waals surface area (Å²) in [5, 5.41) is 3.38. The number of anilines is 2. The highest BCUT2D eigenvalue weighted by molar-refractivity contribution is 6.28. The van der Waals surface area contributed by atoms with Gasteiger partial charge in [-0.25, -0.2) is 0 Å². The molecule has 0 radical (unpaired) electrons. The maximum absolute atomic E-state index is 5.95. The number of rotatable bonds is 10. The van der Waals surface area contributed by atoms with Gasteiger partial charge in [0, 0.05) is 32.8 Å². The predicted octanol–water partition coefficient (Wildman–Crippen LogP) is 2.85. The van der Waals surface area contributed by atoms with Gasteiger partial charge in [-0.3, -0.25) is 0 Å². The molecule has 0 aliphatic heterocycles. The standard InChI is InChI=1S/C14H26ClN5O/c1-5-20(6-2)14-18-12(15)17-13(19-14)16-8-7-9-21-10-11(3)4/h11H,5-10H2,1-4H3,(H,16,17,18,19). The van der Waals surface area contributed by atoms with E-state index in [2.05, 4.69) is 48.0 Å². The fourth-order valence-corrected chi connectivity index (χ4v) is 1.92. The van der Waals surface area contributed by atoms with Gasteiger partial charge in [-0.05, 0) is 37.8 Å². The lowest BCUT2D eigenvalue weighted by Crippen LogP contribution is -2.25. The molecule has 0 unspecified atom stereocenters.